The molecule has 0 saturated carbocycles. The maximum absolute atomic E-state index is 13.9. The van der Waals surface area contributed by atoms with Gasteiger partial charge in [-0.05, 0) is 47.5 Å². The van der Waals surface area contributed by atoms with Crippen molar-refractivity contribution in [3.8, 4) is 0 Å². The van der Waals surface area contributed by atoms with E-state index in [9.17, 15) is 13.9 Å². The van der Waals surface area contributed by atoms with Gasteiger partial charge in [0.15, 0.2) is 0 Å². The molecule has 2 rings (SSSR count). The number of hydrogen-bond donors (Lipinski definition) is 1. The first-order valence-corrected chi connectivity index (χ1v) is 7.06. The van der Waals surface area contributed by atoms with Crippen molar-refractivity contribution in [2.24, 2.45) is 0 Å². The molecule has 0 radical (unpaired) electrons. The lowest BCUT2D eigenvalue weighted by Crippen LogP contribution is -2.08. The summed E-state index contributed by atoms with van der Waals surface area (Å²) in [5, 5.41) is 10.1. The molecule has 2 aromatic carbocycles. The van der Waals surface area contributed by atoms with Crippen LogP contribution in [0.5, 0.6) is 0 Å². The van der Waals surface area contributed by atoms with E-state index < -0.39 is 17.7 Å². The number of aliphatic hydroxyl groups excluding tert-OH is 1. The second kappa shape index (κ2) is 6.02. The maximum Gasteiger partial charge on any atom is 0.146 e. The Morgan fingerprint density at radius 3 is 2.30 bits per heavy atom. The molecule has 20 heavy (non-hydrogen) atoms. The summed E-state index contributed by atoms with van der Waals surface area (Å²) in [6.07, 6.45) is -1.04. The molecule has 0 fully saturated rings. The molecule has 0 saturated heterocycles. The van der Waals surface area contributed by atoms with Crippen LogP contribution in [-0.2, 0) is 6.42 Å². The minimum atomic E-state index is -1.21. The van der Waals surface area contributed by atoms with Crippen LogP contribution in [0, 0.1) is 25.5 Å². The van der Waals surface area contributed by atoms with E-state index >= 15 is 0 Å². The van der Waals surface area contributed by atoms with E-state index in [0.717, 1.165) is 22.8 Å². The molecule has 0 heterocycles. The molecule has 0 aliphatic carbocycles. The molecule has 0 aliphatic heterocycles. The Balaban J connectivity index is 2.33. The average molecular weight is 341 g/mol. The number of aryl methyl sites for hydroxylation is 2. The highest BCUT2D eigenvalue weighted by atomic mass is 79.9. The van der Waals surface area contributed by atoms with E-state index in [-0.39, 0.29) is 16.5 Å². The van der Waals surface area contributed by atoms with Crippen LogP contribution in [0.25, 0.3) is 0 Å². The van der Waals surface area contributed by atoms with Crippen molar-refractivity contribution in [3.05, 3.63) is 68.7 Å². The first kappa shape index (κ1) is 15.1. The summed E-state index contributed by atoms with van der Waals surface area (Å²) in [5.41, 5.74) is 2.68. The summed E-state index contributed by atoms with van der Waals surface area (Å²) in [6.45, 7) is 3.90. The van der Waals surface area contributed by atoms with E-state index in [4.69, 9.17) is 0 Å². The first-order valence-electron chi connectivity index (χ1n) is 6.27. The van der Waals surface area contributed by atoms with Gasteiger partial charge in [0.2, 0.25) is 0 Å². The molecule has 1 unspecified atom stereocenters. The summed E-state index contributed by atoms with van der Waals surface area (Å²) in [7, 11) is 0. The van der Waals surface area contributed by atoms with Crippen molar-refractivity contribution in [1.82, 2.24) is 0 Å². The van der Waals surface area contributed by atoms with Crippen LogP contribution in [0.1, 0.15) is 28.4 Å². The van der Waals surface area contributed by atoms with Crippen LogP contribution >= 0.6 is 15.9 Å². The van der Waals surface area contributed by atoms with Gasteiger partial charge in [-0.15, -0.1) is 0 Å². The van der Waals surface area contributed by atoms with Crippen molar-refractivity contribution in [2.75, 3.05) is 0 Å². The Kier molecular flexibility index (Phi) is 4.55. The molecule has 2 aromatic rings. The number of hydrogen-bond acceptors (Lipinski definition) is 1. The summed E-state index contributed by atoms with van der Waals surface area (Å²) in [6, 6.07) is 8.26. The van der Waals surface area contributed by atoms with Gasteiger partial charge in [0.1, 0.15) is 11.6 Å². The predicted octanol–water partition coefficient (Wildman–Crippen LogP) is 4.62. The molecule has 0 aromatic heterocycles. The quantitative estimate of drug-likeness (QED) is 0.808. The minimum Gasteiger partial charge on any atom is -0.388 e. The molecule has 1 N–H and O–H groups in total. The number of rotatable bonds is 3. The first-order chi connectivity index (χ1) is 9.38. The fraction of sp³-hybridized carbons (Fsp3) is 0.250. The van der Waals surface area contributed by atoms with Crippen molar-refractivity contribution < 1.29 is 13.9 Å². The number of aliphatic hydroxyl groups is 1. The van der Waals surface area contributed by atoms with Gasteiger partial charge in [0.05, 0.1) is 16.1 Å². The van der Waals surface area contributed by atoms with E-state index in [1.807, 2.05) is 32.0 Å². The van der Waals surface area contributed by atoms with E-state index in [0.29, 0.717) is 0 Å². The molecule has 0 aliphatic rings. The van der Waals surface area contributed by atoms with Gasteiger partial charge < -0.3 is 5.11 Å². The molecule has 0 amide bonds. The monoisotopic (exact) mass is 340 g/mol. The Bertz CT molecular complexity index is 620. The van der Waals surface area contributed by atoms with Gasteiger partial charge in [0, 0.05) is 6.42 Å². The molecule has 4 heteroatoms. The van der Waals surface area contributed by atoms with Gasteiger partial charge in [-0.1, -0.05) is 29.3 Å². The van der Waals surface area contributed by atoms with E-state index in [1.54, 1.807) is 0 Å². The van der Waals surface area contributed by atoms with Crippen LogP contribution in [0.3, 0.4) is 0 Å². The minimum absolute atomic E-state index is 0.147. The largest absolute Gasteiger partial charge is 0.388 e. The Labute approximate surface area is 125 Å². The number of benzene rings is 2. The van der Waals surface area contributed by atoms with Gasteiger partial charge in [-0.2, -0.15) is 0 Å². The predicted molar refractivity (Wildman–Crippen MR) is 78.6 cm³/mol. The zero-order valence-electron chi connectivity index (χ0n) is 11.3. The van der Waals surface area contributed by atoms with Crippen LogP contribution in [0.15, 0.2) is 34.8 Å². The highest BCUT2D eigenvalue weighted by molar-refractivity contribution is 9.10. The van der Waals surface area contributed by atoms with Crippen LogP contribution in [0.2, 0.25) is 0 Å². The van der Waals surface area contributed by atoms with Crippen molar-refractivity contribution in [1.29, 1.82) is 0 Å². The summed E-state index contributed by atoms with van der Waals surface area (Å²) >= 11 is 3.00. The van der Waals surface area contributed by atoms with Crippen molar-refractivity contribution >= 4 is 15.9 Å². The molecule has 1 nitrogen and oxygen atoms in total. The van der Waals surface area contributed by atoms with Crippen LogP contribution in [0.4, 0.5) is 8.78 Å². The Morgan fingerprint density at radius 1 is 1.10 bits per heavy atom. The lowest BCUT2D eigenvalue weighted by atomic mass is 9.98. The Hall–Kier alpha value is -1.26. The zero-order chi connectivity index (χ0) is 14.9. The maximum atomic E-state index is 13.9. The van der Waals surface area contributed by atoms with E-state index in [2.05, 4.69) is 15.9 Å². The van der Waals surface area contributed by atoms with Crippen molar-refractivity contribution in [2.45, 2.75) is 26.4 Å². The van der Waals surface area contributed by atoms with Gasteiger partial charge >= 0.3 is 0 Å². The lowest BCUT2D eigenvalue weighted by Gasteiger charge is -2.14. The number of halogens is 3. The van der Waals surface area contributed by atoms with Crippen LogP contribution < -0.4 is 0 Å². The molecular formula is C16H15BrF2O. The standard InChI is InChI=1S/C16H15BrF2O/c1-9-5-10(2)7-11(6-9)8-14(20)15-13(18)4-3-12(17)16(15)19/h3-7,14,20H,8H2,1-2H3. The lowest BCUT2D eigenvalue weighted by molar-refractivity contribution is 0.168. The Morgan fingerprint density at radius 2 is 1.70 bits per heavy atom. The SMILES string of the molecule is Cc1cc(C)cc(CC(O)c2c(F)ccc(Br)c2F)c1. The van der Waals surface area contributed by atoms with Gasteiger partial charge in [0.25, 0.3) is 0 Å². The highest BCUT2D eigenvalue weighted by Crippen LogP contribution is 2.29. The van der Waals surface area contributed by atoms with E-state index in [1.165, 1.54) is 6.07 Å². The second-order valence-electron chi connectivity index (χ2n) is 4.97. The van der Waals surface area contributed by atoms with Gasteiger partial charge in [-0.3, -0.25) is 0 Å². The topological polar surface area (TPSA) is 20.2 Å². The smallest absolute Gasteiger partial charge is 0.146 e. The fourth-order valence-electron chi connectivity index (χ4n) is 2.36. The molecular weight excluding hydrogens is 326 g/mol. The fourth-order valence-corrected chi connectivity index (χ4v) is 2.71. The molecule has 1 atom stereocenters. The average Bonchev–Trinajstić information content (AvgIpc) is 2.33. The summed E-state index contributed by atoms with van der Waals surface area (Å²) in [5.74, 6) is -1.48. The third kappa shape index (κ3) is 3.25. The highest BCUT2D eigenvalue weighted by Gasteiger charge is 2.20. The van der Waals surface area contributed by atoms with Gasteiger partial charge in [-0.25, -0.2) is 8.78 Å². The molecule has 106 valence electrons. The third-order valence-corrected chi connectivity index (χ3v) is 3.74. The van der Waals surface area contributed by atoms with Crippen LogP contribution in [-0.4, -0.2) is 5.11 Å². The third-order valence-electron chi connectivity index (χ3n) is 3.12. The summed E-state index contributed by atoms with van der Waals surface area (Å²) in [4.78, 5) is 0. The van der Waals surface area contributed by atoms with Crippen molar-refractivity contribution in [3.63, 3.8) is 0 Å². The summed E-state index contributed by atoms with van der Waals surface area (Å²) < 4.78 is 27.8. The normalized spacial score (nSPS) is 12.5. The zero-order valence-corrected chi connectivity index (χ0v) is 12.8. The molecule has 0 bridgehead atoms. The molecule has 0 spiro atoms. The second-order valence-corrected chi connectivity index (χ2v) is 5.83.